The van der Waals surface area contributed by atoms with Crippen molar-refractivity contribution in [3.8, 4) is 55.6 Å². The van der Waals surface area contributed by atoms with Gasteiger partial charge in [0.2, 0.25) is 0 Å². The van der Waals surface area contributed by atoms with Crippen LogP contribution in [0.4, 0.5) is 28.4 Å². The molecule has 2 unspecified atom stereocenters. The molecule has 0 radical (unpaired) electrons. The molecule has 2 aliphatic rings. The molecule has 0 N–H and O–H groups in total. The van der Waals surface area contributed by atoms with Crippen LogP contribution in [0, 0.1) is 0 Å². The molecule has 1 saturated carbocycles. The second kappa shape index (κ2) is 17.4. The third-order valence-corrected chi connectivity index (χ3v) is 14.7. The van der Waals surface area contributed by atoms with Gasteiger partial charge in [-0.2, -0.15) is 0 Å². The molecule has 0 spiro atoms. The lowest BCUT2D eigenvalue weighted by molar-refractivity contribution is 0.402. The van der Waals surface area contributed by atoms with Crippen LogP contribution < -0.4 is 9.80 Å². The van der Waals surface area contributed by atoms with Crippen molar-refractivity contribution < 1.29 is 4.42 Å². The Hall–Kier alpha value is -8.40. The fraction of sp³-hybridized carbons (Fsp3) is 0.0909. The second-order valence-electron chi connectivity index (χ2n) is 18.6. The van der Waals surface area contributed by atoms with Crippen LogP contribution in [0.5, 0.6) is 0 Å². The van der Waals surface area contributed by atoms with Gasteiger partial charge in [0.1, 0.15) is 11.2 Å². The zero-order valence-electron chi connectivity index (χ0n) is 38.4. The molecule has 10 aromatic carbocycles. The molecule has 0 amide bonds. The van der Waals surface area contributed by atoms with Gasteiger partial charge in [0, 0.05) is 62.2 Å². The number of fused-ring (bicyclic) bond motifs is 6. The largest absolute Gasteiger partial charge is 0.455 e. The van der Waals surface area contributed by atoms with E-state index < -0.39 is 0 Å². The number of para-hydroxylation sites is 5. The van der Waals surface area contributed by atoms with Crippen molar-refractivity contribution in [1.29, 1.82) is 0 Å². The standard InChI is InChI=1S/C66H50N2O/c1-2-19-45(20-3-1)47-21-16-22-48(43-47)49-23-17-24-51(44-49)67(50-41-39-46(40-42-50)52-32-18-33-60-59-31-10-15-38-65(59)69-66(52)60)61-34-11-6-27-55(61)53-25-4-5-26-54(53)56-28-7-12-35-62(56)68-63-36-13-8-29-57(63)58-30-9-14-37-64(58)68/h1-8,10-13,15-29,31-36,38-44,58,64H,9,14,30,37H2. The van der Waals surface area contributed by atoms with Crippen molar-refractivity contribution in [3.63, 3.8) is 0 Å². The minimum absolute atomic E-state index is 0.453. The maximum absolute atomic E-state index is 6.53. The van der Waals surface area contributed by atoms with E-state index in [0.717, 1.165) is 61.3 Å². The Morgan fingerprint density at radius 1 is 0.377 bits per heavy atom. The summed E-state index contributed by atoms with van der Waals surface area (Å²) in [6.45, 7) is 0. The van der Waals surface area contributed by atoms with Crippen LogP contribution in [0.2, 0.25) is 0 Å². The first-order valence-electron chi connectivity index (χ1n) is 24.5. The van der Waals surface area contributed by atoms with Gasteiger partial charge in [-0.25, -0.2) is 0 Å². The molecule has 1 aliphatic carbocycles. The summed E-state index contributed by atoms with van der Waals surface area (Å²) in [6.07, 6.45) is 5.01. The summed E-state index contributed by atoms with van der Waals surface area (Å²) in [6, 6.07) is 89.1. The van der Waals surface area contributed by atoms with Crippen molar-refractivity contribution in [1.82, 2.24) is 0 Å². The van der Waals surface area contributed by atoms with Gasteiger partial charge in [0.25, 0.3) is 0 Å². The molecule has 0 bridgehead atoms. The molecule has 13 rings (SSSR count). The van der Waals surface area contributed by atoms with E-state index in [-0.39, 0.29) is 0 Å². The van der Waals surface area contributed by atoms with Gasteiger partial charge in [0.15, 0.2) is 0 Å². The number of nitrogens with zero attached hydrogens (tertiary/aromatic N) is 2. The molecule has 3 heteroatoms. The molecular weight excluding hydrogens is 837 g/mol. The lowest BCUT2D eigenvalue weighted by Crippen LogP contribution is -2.32. The van der Waals surface area contributed by atoms with Crippen molar-refractivity contribution in [2.45, 2.75) is 37.6 Å². The van der Waals surface area contributed by atoms with Crippen molar-refractivity contribution in [3.05, 3.63) is 248 Å². The van der Waals surface area contributed by atoms with E-state index in [9.17, 15) is 0 Å². The fourth-order valence-corrected chi connectivity index (χ4v) is 11.6. The van der Waals surface area contributed by atoms with Crippen LogP contribution in [0.3, 0.4) is 0 Å². The van der Waals surface area contributed by atoms with Crippen molar-refractivity contribution >= 4 is 50.4 Å². The maximum Gasteiger partial charge on any atom is 0.143 e. The Morgan fingerprint density at radius 2 is 0.957 bits per heavy atom. The molecular formula is C66H50N2O. The summed E-state index contributed by atoms with van der Waals surface area (Å²) < 4.78 is 6.53. The quantitative estimate of drug-likeness (QED) is 0.144. The van der Waals surface area contributed by atoms with Crippen LogP contribution in [-0.2, 0) is 0 Å². The van der Waals surface area contributed by atoms with Crippen LogP contribution in [0.25, 0.3) is 77.6 Å². The van der Waals surface area contributed by atoms with E-state index >= 15 is 0 Å². The van der Waals surface area contributed by atoms with Crippen molar-refractivity contribution in [2.75, 3.05) is 9.80 Å². The van der Waals surface area contributed by atoms with Gasteiger partial charge in [-0.1, -0.05) is 201 Å². The molecule has 3 nitrogen and oxygen atoms in total. The summed E-state index contributed by atoms with van der Waals surface area (Å²) in [5, 5.41) is 2.26. The smallest absolute Gasteiger partial charge is 0.143 e. The topological polar surface area (TPSA) is 19.6 Å². The van der Waals surface area contributed by atoms with Gasteiger partial charge in [-0.15, -0.1) is 0 Å². The lowest BCUT2D eigenvalue weighted by atomic mass is 9.82. The van der Waals surface area contributed by atoms with E-state index in [4.69, 9.17) is 4.42 Å². The first kappa shape index (κ1) is 40.8. The zero-order valence-corrected chi connectivity index (χ0v) is 38.4. The Bertz CT molecular complexity index is 3660. The molecule has 2 heterocycles. The Morgan fingerprint density at radius 3 is 1.80 bits per heavy atom. The molecule has 11 aromatic rings. The average Bonchev–Trinajstić information content (AvgIpc) is 3.98. The average molecular weight is 887 g/mol. The van der Waals surface area contributed by atoms with E-state index in [2.05, 4.69) is 246 Å². The van der Waals surface area contributed by atoms with Gasteiger partial charge < -0.3 is 14.2 Å². The fourth-order valence-electron chi connectivity index (χ4n) is 11.6. The lowest BCUT2D eigenvalue weighted by Gasteiger charge is -2.35. The zero-order chi connectivity index (χ0) is 45.7. The van der Waals surface area contributed by atoms with Gasteiger partial charge in [0.05, 0.1) is 5.69 Å². The molecule has 1 aliphatic heterocycles. The van der Waals surface area contributed by atoms with E-state index in [1.54, 1.807) is 0 Å². The molecule has 69 heavy (non-hydrogen) atoms. The predicted octanol–water partition coefficient (Wildman–Crippen LogP) is 18.6. The molecule has 1 aromatic heterocycles. The van der Waals surface area contributed by atoms with E-state index in [0.29, 0.717) is 12.0 Å². The summed E-state index contributed by atoms with van der Waals surface area (Å²) in [5.41, 5.74) is 20.9. The second-order valence-corrected chi connectivity index (χ2v) is 18.6. The Kier molecular flexibility index (Phi) is 10.3. The molecule has 1 fully saturated rings. The third kappa shape index (κ3) is 7.21. The van der Waals surface area contributed by atoms with Crippen molar-refractivity contribution in [2.24, 2.45) is 0 Å². The Labute approximate surface area is 404 Å². The van der Waals surface area contributed by atoms with Gasteiger partial charge in [-0.05, 0) is 112 Å². The number of furan rings is 1. The number of hydrogen-bond acceptors (Lipinski definition) is 3. The molecule has 330 valence electrons. The van der Waals surface area contributed by atoms with E-state index in [1.807, 2.05) is 6.07 Å². The van der Waals surface area contributed by atoms with Gasteiger partial charge in [-0.3, -0.25) is 0 Å². The minimum Gasteiger partial charge on any atom is -0.455 e. The van der Waals surface area contributed by atoms with Crippen LogP contribution >= 0.6 is 0 Å². The summed E-state index contributed by atoms with van der Waals surface area (Å²) >= 11 is 0. The van der Waals surface area contributed by atoms with Crippen LogP contribution in [0.15, 0.2) is 247 Å². The normalized spacial score (nSPS) is 15.3. The molecule has 2 atom stereocenters. The summed E-state index contributed by atoms with van der Waals surface area (Å²) in [7, 11) is 0. The number of rotatable bonds is 9. The molecule has 0 saturated heterocycles. The van der Waals surface area contributed by atoms with Gasteiger partial charge >= 0.3 is 0 Å². The highest BCUT2D eigenvalue weighted by molar-refractivity contribution is 6.09. The maximum atomic E-state index is 6.53. The Balaban J connectivity index is 0.962. The van der Waals surface area contributed by atoms with E-state index in [1.165, 1.54) is 76.0 Å². The third-order valence-electron chi connectivity index (χ3n) is 14.7. The SMILES string of the molecule is c1ccc(-c2cccc(-c3cccc(N(c4ccc(-c5cccc6c5oc5ccccc56)cc4)c4ccccc4-c4ccccc4-c4ccccc4N4c5ccccc5C5CCCCC54)c3)c2)cc1. The summed E-state index contributed by atoms with van der Waals surface area (Å²) in [4.78, 5) is 5.13. The highest BCUT2D eigenvalue weighted by atomic mass is 16.3. The number of hydrogen-bond donors (Lipinski definition) is 0. The highest BCUT2D eigenvalue weighted by Crippen LogP contribution is 2.54. The monoisotopic (exact) mass is 886 g/mol. The van der Waals surface area contributed by atoms with Crippen LogP contribution in [-0.4, -0.2) is 6.04 Å². The number of anilines is 5. The minimum atomic E-state index is 0.453. The first-order valence-corrected chi connectivity index (χ1v) is 24.5. The summed E-state index contributed by atoms with van der Waals surface area (Å²) in [5.74, 6) is 0.558. The number of benzene rings is 10. The highest BCUT2D eigenvalue weighted by Gasteiger charge is 2.41. The first-order chi connectivity index (χ1) is 34.2. The van der Waals surface area contributed by atoms with Crippen LogP contribution in [0.1, 0.15) is 37.2 Å². The predicted molar refractivity (Wildman–Crippen MR) is 289 cm³/mol.